The molecule has 0 fully saturated rings. The van der Waals surface area contributed by atoms with Crippen molar-refractivity contribution in [2.45, 2.75) is 11.3 Å². The molecule has 0 atom stereocenters. The summed E-state index contributed by atoms with van der Waals surface area (Å²) in [5, 5.41) is 5.18. The third-order valence-corrected chi connectivity index (χ3v) is 5.05. The van der Waals surface area contributed by atoms with Gasteiger partial charge >= 0.3 is 0 Å². The summed E-state index contributed by atoms with van der Waals surface area (Å²) in [5.74, 6) is 1.78. The number of benzene rings is 1. The van der Waals surface area contributed by atoms with Crippen LogP contribution in [-0.4, -0.2) is 23.6 Å². The van der Waals surface area contributed by atoms with E-state index in [2.05, 4.69) is 40.1 Å². The van der Waals surface area contributed by atoms with Gasteiger partial charge in [0.25, 0.3) is 0 Å². The summed E-state index contributed by atoms with van der Waals surface area (Å²) in [6.45, 7) is 4.57. The summed E-state index contributed by atoms with van der Waals surface area (Å²) < 4.78 is 0. The number of nitrogens with zero attached hydrogens (tertiary/aromatic N) is 2. The zero-order valence-corrected chi connectivity index (χ0v) is 13.1. The van der Waals surface area contributed by atoms with Gasteiger partial charge in [-0.3, -0.25) is 4.99 Å². The lowest BCUT2D eigenvalue weighted by Gasteiger charge is -2.20. The quantitative estimate of drug-likeness (QED) is 0.834. The van der Waals surface area contributed by atoms with Gasteiger partial charge in [-0.2, -0.15) is 0 Å². The first-order chi connectivity index (χ1) is 10.3. The van der Waals surface area contributed by atoms with Crippen molar-refractivity contribution < 1.29 is 1.43 Å². The molecular formula is C15H18N4S2. The van der Waals surface area contributed by atoms with E-state index in [0.717, 1.165) is 29.3 Å². The highest BCUT2D eigenvalue weighted by Crippen LogP contribution is 2.38. The van der Waals surface area contributed by atoms with Gasteiger partial charge < -0.3 is 11.1 Å². The number of thioether (sulfide) groups is 2. The highest BCUT2D eigenvalue weighted by molar-refractivity contribution is 8.14. The van der Waals surface area contributed by atoms with Crippen LogP contribution in [0.1, 0.15) is 6.99 Å². The molecule has 0 unspecified atom stereocenters. The van der Waals surface area contributed by atoms with Gasteiger partial charge in [0.05, 0.1) is 10.7 Å². The lowest BCUT2D eigenvalue weighted by molar-refractivity contribution is 1.16. The molecule has 0 aliphatic carbocycles. The average Bonchev–Trinajstić information content (AvgIpc) is 2.98. The largest absolute Gasteiger partial charge is 0.390 e. The predicted octanol–water partition coefficient (Wildman–Crippen LogP) is 3.48. The molecule has 2 heterocycles. The van der Waals surface area contributed by atoms with Crippen LogP contribution in [0.4, 0.5) is 5.69 Å². The zero-order valence-electron chi connectivity index (χ0n) is 11.5. The Morgan fingerprint density at radius 1 is 1.52 bits per heavy atom. The fraction of sp³-hybridized carbons (Fsp3) is 0.200. The van der Waals surface area contributed by atoms with E-state index in [9.17, 15) is 0 Å². The molecule has 0 saturated heterocycles. The molecule has 0 amide bonds. The fourth-order valence-corrected chi connectivity index (χ4v) is 3.78. The predicted molar refractivity (Wildman–Crippen MR) is 96.4 cm³/mol. The van der Waals surface area contributed by atoms with Crippen molar-refractivity contribution in [1.29, 1.82) is 0 Å². The van der Waals surface area contributed by atoms with Crippen LogP contribution >= 0.6 is 23.5 Å². The van der Waals surface area contributed by atoms with Gasteiger partial charge in [-0.15, -0.1) is 11.8 Å². The zero-order chi connectivity index (χ0) is 14.7. The molecule has 0 spiro atoms. The number of aliphatic imine (C=N–C) groups is 2. The minimum Gasteiger partial charge on any atom is -0.390 e. The van der Waals surface area contributed by atoms with E-state index in [4.69, 9.17) is 5.73 Å². The molecule has 1 aromatic carbocycles. The highest BCUT2D eigenvalue weighted by atomic mass is 32.2. The Morgan fingerprint density at radius 3 is 3.19 bits per heavy atom. The Morgan fingerprint density at radius 2 is 2.43 bits per heavy atom. The summed E-state index contributed by atoms with van der Waals surface area (Å²) in [5.41, 5.74) is 8.31. The van der Waals surface area contributed by atoms with E-state index < -0.39 is 0 Å². The van der Waals surface area contributed by atoms with Gasteiger partial charge in [0.2, 0.25) is 0 Å². The van der Waals surface area contributed by atoms with Crippen molar-refractivity contribution in [3.63, 3.8) is 0 Å². The monoisotopic (exact) mass is 318 g/mol. The second-order valence-electron chi connectivity index (χ2n) is 4.59. The summed E-state index contributed by atoms with van der Waals surface area (Å²) >= 11 is 3.38. The maximum atomic E-state index is 6.01. The number of allylic oxidation sites excluding steroid dienone is 1. The number of nitrogens with one attached hydrogen (secondary N) is 1. The molecule has 110 valence electrons. The molecule has 1 aromatic rings. The minimum absolute atomic E-state index is 0. The van der Waals surface area contributed by atoms with Crippen LogP contribution in [0, 0.1) is 0 Å². The van der Waals surface area contributed by atoms with Crippen molar-refractivity contribution in [1.82, 2.24) is 0 Å². The summed E-state index contributed by atoms with van der Waals surface area (Å²) in [7, 11) is 0. The molecule has 2 aliphatic rings. The van der Waals surface area contributed by atoms with Crippen LogP contribution in [0.15, 0.2) is 56.6 Å². The van der Waals surface area contributed by atoms with E-state index in [-0.39, 0.29) is 1.43 Å². The number of hydrogen-bond donors (Lipinski definition) is 2. The van der Waals surface area contributed by atoms with Gasteiger partial charge in [-0.05, 0) is 17.7 Å². The highest BCUT2D eigenvalue weighted by Gasteiger charge is 2.17. The van der Waals surface area contributed by atoms with Crippen LogP contribution in [-0.2, 0) is 6.42 Å². The minimum atomic E-state index is 0. The topological polar surface area (TPSA) is 62.8 Å². The number of rotatable bonds is 4. The van der Waals surface area contributed by atoms with E-state index in [1.54, 1.807) is 12.3 Å². The van der Waals surface area contributed by atoms with Crippen LogP contribution in [0.25, 0.3) is 0 Å². The van der Waals surface area contributed by atoms with Gasteiger partial charge in [-0.1, -0.05) is 30.5 Å². The summed E-state index contributed by atoms with van der Waals surface area (Å²) in [6, 6.07) is 6.39. The van der Waals surface area contributed by atoms with E-state index >= 15 is 0 Å². The van der Waals surface area contributed by atoms with E-state index in [0.29, 0.717) is 10.9 Å². The van der Waals surface area contributed by atoms with Crippen molar-refractivity contribution in [3.05, 3.63) is 47.3 Å². The van der Waals surface area contributed by atoms with Gasteiger partial charge in [0.15, 0.2) is 5.82 Å². The fourth-order valence-electron chi connectivity index (χ4n) is 2.11. The normalized spacial score (nSPS) is 17.6. The van der Waals surface area contributed by atoms with Gasteiger partial charge in [0, 0.05) is 31.3 Å². The van der Waals surface area contributed by atoms with Crippen molar-refractivity contribution in [2.75, 3.05) is 17.6 Å². The molecule has 0 saturated carbocycles. The van der Waals surface area contributed by atoms with E-state index in [1.165, 1.54) is 22.4 Å². The molecule has 3 rings (SSSR count). The number of hydrogen-bond acceptors (Lipinski definition) is 6. The standard InChI is InChI=1S/C15H16N4S2.H2/c1-2-5-18-15-14(16)21-12-4-3-10(8-11(12)19-15)9-13-17-6-7-20-13;/h2-5,8,19H,1,6-7,9,16H2;1H/b18-5-;. The first-order valence-electron chi connectivity index (χ1n) is 6.65. The van der Waals surface area contributed by atoms with Crippen molar-refractivity contribution >= 4 is 40.5 Å². The molecule has 4 nitrogen and oxygen atoms in total. The third-order valence-electron chi connectivity index (χ3n) is 3.06. The lowest BCUT2D eigenvalue weighted by atomic mass is 10.1. The van der Waals surface area contributed by atoms with Crippen LogP contribution in [0.5, 0.6) is 0 Å². The van der Waals surface area contributed by atoms with Crippen LogP contribution in [0.3, 0.4) is 0 Å². The smallest absolute Gasteiger partial charge is 0.160 e. The Hall–Kier alpha value is -1.66. The second-order valence-corrected chi connectivity index (χ2v) is 6.84. The molecule has 3 N–H and O–H groups in total. The maximum absolute atomic E-state index is 6.01. The Labute approximate surface area is 134 Å². The Kier molecular flexibility index (Phi) is 4.36. The SMILES string of the molecule is C=C/C=N\C1=C(N)Sc2ccc(CC3=NCCS3)cc2N1.[HH]. The molecule has 0 radical (unpaired) electrons. The first-order valence-corrected chi connectivity index (χ1v) is 8.45. The maximum Gasteiger partial charge on any atom is 0.160 e. The van der Waals surface area contributed by atoms with Crippen molar-refractivity contribution in [2.24, 2.45) is 15.7 Å². The third kappa shape index (κ3) is 3.33. The summed E-state index contributed by atoms with van der Waals surface area (Å²) in [6.07, 6.45) is 4.16. The van der Waals surface area contributed by atoms with Gasteiger partial charge in [-0.25, -0.2) is 4.99 Å². The Balaban J connectivity index is 0.00000176. The average molecular weight is 318 g/mol. The van der Waals surface area contributed by atoms with E-state index in [1.807, 2.05) is 11.8 Å². The lowest BCUT2D eigenvalue weighted by Crippen LogP contribution is -2.11. The van der Waals surface area contributed by atoms with Gasteiger partial charge in [0.1, 0.15) is 5.03 Å². The number of fused-ring (bicyclic) bond motifs is 1. The molecule has 6 heteroatoms. The Bertz CT molecular complexity index is 668. The molecule has 0 aromatic heterocycles. The first kappa shape index (κ1) is 14.3. The van der Waals surface area contributed by atoms with Crippen LogP contribution < -0.4 is 11.1 Å². The second kappa shape index (κ2) is 6.41. The number of anilines is 1. The van der Waals surface area contributed by atoms with Crippen molar-refractivity contribution in [3.8, 4) is 0 Å². The molecular weight excluding hydrogens is 300 g/mol. The molecule has 2 aliphatic heterocycles. The molecule has 0 bridgehead atoms. The summed E-state index contributed by atoms with van der Waals surface area (Å²) in [4.78, 5) is 9.89. The molecule has 21 heavy (non-hydrogen) atoms. The van der Waals surface area contributed by atoms with Crippen LogP contribution in [0.2, 0.25) is 0 Å². The number of nitrogens with two attached hydrogens (primary N) is 1.